The molecule has 0 saturated carbocycles. The zero-order chi connectivity index (χ0) is 16.9. The minimum absolute atomic E-state index is 0.0259. The molecule has 1 unspecified atom stereocenters. The van der Waals surface area contributed by atoms with E-state index in [1.54, 1.807) is 6.20 Å². The third-order valence-corrected chi connectivity index (χ3v) is 4.80. The molecule has 0 radical (unpaired) electrons. The van der Waals surface area contributed by atoms with E-state index in [-0.39, 0.29) is 11.9 Å². The van der Waals surface area contributed by atoms with Gasteiger partial charge >= 0.3 is 0 Å². The lowest BCUT2D eigenvalue weighted by atomic mass is 9.99. The lowest BCUT2D eigenvalue weighted by Crippen LogP contribution is -2.39. The molecule has 1 aliphatic heterocycles. The quantitative estimate of drug-likeness (QED) is 0.856. The second-order valence-electron chi connectivity index (χ2n) is 6.45. The zero-order valence-electron chi connectivity index (χ0n) is 14.3. The van der Waals surface area contributed by atoms with Crippen molar-refractivity contribution >= 4 is 22.5 Å². The van der Waals surface area contributed by atoms with E-state index in [4.69, 9.17) is 4.74 Å². The van der Waals surface area contributed by atoms with E-state index < -0.39 is 0 Å². The number of hydrogen-bond acceptors (Lipinski definition) is 4. The largest absolute Gasteiger partial charge is 0.378 e. The van der Waals surface area contributed by atoms with E-state index in [0.717, 1.165) is 42.6 Å². The van der Waals surface area contributed by atoms with Gasteiger partial charge in [-0.2, -0.15) is 0 Å². The monoisotopic (exact) mass is 327 g/mol. The summed E-state index contributed by atoms with van der Waals surface area (Å²) in [6.45, 7) is 5.71. The molecule has 0 spiro atoms. The van der Waals surface area contributed by atoms with Crippen LogP contribution in [0.1, 0.15) is 26.7 Å². The standard InChI is InChI=1S/C19H25N3O2/c1-13(20-11-8-15-9-12-24-14(15)2)19(23)22-18-7-3-6-17-16(18)5-4-10-21-17/h3-7,10,13-15,20H,8-9,11-12H2,1-2H3,(H,22,23)/t13?,14-,15-/m1/s1. The van der Waals surface area contributed by atoms with E-state index in [0.29, 0.717) is 12.0 Å². The maximum atomic E-state index is 12.4. The first-order chi connectivity index (χ1) is 11.6. The van der Waals surface area contributed by atoms with Crippen LogP contribution in [0.5, 0.6) is 0 Å². The molecule has 5 nitrogen and oxygen atoms in total. The highest BCUT2D eigenvalue weighted by molar-refractivity contribution is 6.02. The van der Waals surface area contributed by atoms with Gasteiger partial charge in [-0.25, -0.2) is 0 Å². The number of amides is 1. The summed E-state index contributed by atoms with van der Waals surface area (Å²) in [5, 5.41) is 7.28. The van der Waals surface area contributed by atoms with Crippen LogP contribution in [-0.4, -0.2) is 36.2 Å². The molecule has 2 aromatic rings. The van der Waals surface area contributed by atoms with Crippen molar-refractivity contribution < 1.29 is 9.53 Å². The highest BCUT2D eigenvalue weighted by atomic mass is 16.5. The summed E-state index contributed by atoms with van der Waals surface area (Å²) in [5.41, 5.74) is 1.68. The van der Waals surface area contributed by atoms with Crippen molar-refractivity contribution in [3.05, 3.63) is 36.5 Å². The fourth-order valence-corrected chi connectivity index (χ4v) is 3.19. The topological polar surface area (TPSA) is 63.2 Å². The first kappa shape index (κ1) is 16.9. The van der Waals surface area contributed by atoms with E-state index in [9.17, 15) is 4.79 Å². The van der Waals surface area contributed by atoms with Gasteiger partial charge in [-0.3, -0.25) is 9.78 Å². The Hall–Kier alpha value is -1.98. The molecule has 24 heavy (non-hydrogen) atoms. The molecule has 5 heteroatoms. The van der Waals surface area contributed by atoms with Gasteiger partial charge in [-0.15, -0.1) is 0 Å². The van der Waals surface area contributed by atoms with Gasteiger partial charge in [0.05, 0.1) is 23.3 Å². The van der Waals surface area contributed by atoms with Gasteiger partial charge in [0, 0.05) is 18.2 Å². The Morgan fingerprint density at radius 3 is 3.04 bits per heavy atom. The second-order valence-corrected chi connectivity index (χ2v) is 6.45. The van der Waals surface area contributed by atoms with E-state index in [1.807, 2.05) is 37.3 Å². The number of nitrogens with one attached hydrogen (secondary N) is 2. The molecule has 1 aliphatic rings. The van der Waals surface area contributed by atoms with Crippen molar-refractivity contribution in [3.8, 4) is 0 Å². The van der Waals surface area contributed by atoms with Crippen molar-refractivity contribution in [2.75, 3.05) is 18.5 Å². The smallest absolute Gasteiger partial charge is 0.241 e. The van der Waals surface area contributed by atoms with Crippen molar-refractivity contribution in [1.29, 1.82) is 0 Å². The van der Waals surface area contributed by atoms with E-state index in [1.165, 1.54) is 0 Å². The Balaban J connectivity index is 1.54. The summed E-state index contributed by atoms with van der Waals surface area (Å²) in [6, 6.07) is 9.37. The number of nitrogens with zero attached hydrogens (tertiary/aromatic N) is 1. The van der Waals surface area contributed by atoms with Crippen LogP contribution in [0.2, 0.25) is 0 Å². The molecular weight excluding hydrogens is 302 g/mol. The first-order valence-corrected chi connectivity index (χ1v) is 8.65. The van der Waals surface area contributed by atoms with Crippen LogP contribution < -0.4 is 10.6 Å². The molecule has 1 aromatic carbocycles. The molecule has 1 amide bonds. The number of anilines is 1. The van der Waals surface area contributed by atoms with Crippen LogP contribution in [0, 0.1) is 5.92 Å². The maximum absolute atomic E-state index is 12.4. The normalized spacial score (nSPS) is 21.8. The number of carbonyl (C=O) groups excluding carboxylic acids is 1. The van der Waals surface area contributed by atoms with Crippen molar-refractivity contribution in [2.24, 2.45) is 5.92 Å². The lowest BCUT2D eigenvalue weighted by molar-refractivity contribution is -0.117. The predicted molar refractivity (Wildman–Crippen MR) is 96.0 cm³/mol. The molecule has 2 heterocycles. The number of carbonyl (C=O) groups is 1. The Kier molecular flexibility index (Phi) is 5.43. The van der Waals surface area contributed by atoms with Gasteiger partial charge < -0.3 is 15.4 Å². The molecule has 3 atom stereocenters. The van der Waals surface area contributed by atoms with Crippen LogP contribution in [0.3, 0.4) is 0 Å². The molecule has 0 bridgehead atoms. The van der Waals surface area contributed by atoms with Crippen molar-refractivity contribution in [2.45, 2.75) is 38.8 Å². The van der Waals surface area contributed by atoms with Gasteiger partial charge in [0.1, 0.15) is 0 Å². The minimum atomic E-state index is -0.241. The van der Waals surface area contributed by atoms with Gasteiger partial charge in [0.2, 0.25) is 5.91 Å². The maximum Gasteiger partial charge on any atom is 0.241 e. The summed E-state index contributed by atoms with van der Waals surface area (Å²) < 4.78 is 5.58. The Bertz CT molecular complexity index is 699. The van der Waals surface area contributed by atoms with Crippen molar-refractivity contribution in [3.63, 3.8) is 0 Å². The highest BCUT2D eigenvalue weighted by Gasteiger charge is 2.24. The van der Waals surface area contributed by atoms with Crippen LogP contribution in [-0.2, 0) is 9.53 Å². The van der Waals surface area contributed by atoms with E-state index in [2.05, 4.69) is 22.5 Å². The molecule has 1 saturated heterocycles. The fraction of sp³-hybridized carbons (Fsp3) is 0.474. The van der Waals surface area contributed by atoms with Crippen LogP contribution in [0.4, 0.5) is 5.69 Å². The third-order valence-electron chi connectivity index (χ3n) is 4.80. The summed E-state index contributed by atoms with van der Waals surface area (Å²) >= 11 is 0. The SMILES string of the molecule is CC(NCC[C@@H]1CCO[C@@H]1C)C(=O)Nc1cccc2ncccc12. The Morgan fingerprint density at radius 2 is 2.25 bits per heavy atom. The summed E-state index contributed by atoms with van der Waals surface area (Å²) in [4.78, 5) is 16.7. The molecule has 3 rings (SSSR count). The molecular formula is C19H25N3O2. The van der Waals surface area contributed by atoms with Crippen LogP contribution >= 0.6 is 0 Å². The molecule has 1 fully saturated rings. The average Bonchev–Trinajstić information content (AvgIpc) is 3.00. The predicted octanol–water partition coefficient (Wildman–Crippen LogP) is 2.97. The minimum Gasteiger partial charge on any atom is -0.378 e. The summed E-state index contributed by atoms with van der Waals surface area (Å²) in [5.74, 6) is 0.568. The summed E-state index contributed by atoms with van der Waals surface area (Å²) in [7, 11) is 0. The highest BCUT2D eigenvalue weighted by Crippen LogP contribution is 2.23. The Labute approximate surface area is 142 Å². The van der Waals surface area contributed by atoms with Gasteiger partial charge in [0.15, 0.2) is 0 Å². The number of aromatic nitrogens is 1. The summed E-state index contributed by atoms with van der Waals surface area (Å²) in [6.07, 6.45) is 4.24. The number of benzene rings is 1. The molecule has 2 N–H and O–H groups in total. The number of fused-ring (bicyclic) bond motifs is 1. The van der Waals surface area contributed by atoms with Gasteiger partial charge in [-0.1, -0.05) is 6.07 Å². The first-order valence-electron chi connectivity index (χ1n) is 8.65. The van der Waals surface area contributed by atoms with Gasteiger partial charge in [0.25, 0.3) is 0 Å². The second kappa shape index (κ2) is 7.73. The van der Waals surface area contributed by atoms with Crippen molar-refractivity contribution in [1.82, 2.24) is 10.3 Å². The van der Waals surface area contributed by atoms with E-state index >= 15 is 0 Å². The Morgan fingerprint density at radius 1 is 1.38 bits per heavy atom. The fourth-order valence-electron chi connectivity index (χ4n) is 3.19. The molecule has 1 aromatic heterocycles. The average molecular weight is 327 g/mol. The number of hydrogen-bond donors (Lipinski definition) is 2. The zero-order valence-corrected chi connectivity index (χ0v) is 14.3. The number of ether oxygens (including phenoxy) is 1. The number of pyridine rings is 1. The van der Waals surface area contributed by atoms with Gasteiger partial charge in [-0.05, 0) is 63.4 Å². The third kappa shape index (κ3) is 3.91. The lowest BCUT2D eigenvalue weighted by Gasteiger charge is -2.18. The van der Waals surface area contributed by atoms with Crippen LogP contribution in [0.25, 0.3) is 10.9 Å². The molecule has 0 aliphatic carbocycles. The number of rotatable bonds is 6. The molecule has 128 valence electrons. The van der Waals surface area contributed by atoms with Crippen LogP contribution in [0.15, 0.2) is 36.5 Å².